The number of hydrogen-bond donors (Lipinski definition) is 0. The quantitative estimate of drug-likeness (QED) is 0.490. The molecule has 1 heterocycles. The Hall–Kier alpha value is -1.88. The second-order valence-corrected chi connectivity index (χ2v) is 4.89. The molecular formula is C14H16ClN3O2. The van der Waals surface area contributed by atoms with Gasteiger partial charge in [-0.15, -0.1) is 11.6 Å². The van der Waals surface area contributed by atoms with Crippen molar-refractivity contribution in [2.75, 3.05) is 0 Å². The molecule has 106 valence electrons. The van der Waals surface area contributed by atoms with Gasteiger partial charge >= 0.3 is 0 Å². The minimum absolute atomic E-state index is 0.0426. The van der Waals surface area contributed by atoms with Gasteiger partial charge in [0, 0.05) is 17.3 Å². The fourth-order valence-corrected chi connectivity index (χ4v) is 2.64. The van der Waals surface area contributed by atoms with E-state index in [1.165, 1.54) is 11.6 Å². The first-order chi connectivity index (χ1) is 9.49. The summed E-state index contributed by atoms with van der Waals surface area (Å²) in [4.78, 5) is 10.5. The molecule has 0 saturated heterocycles. The van der Waals surface area contributed by atoms with Gasteiger partial charge in [-0.2, -0.15) is 5.10 Å². The number of aryl methyl sites for hydroxylation is 1. The smallest absolute Gasteiger partial charge is 0.258 e. The molecule has 0 aliphatic carbocycles. The lowest BCUT2D eigenvalue weighted by Crippen LogP contribution is -2.02. The van der Waals surface area contributed by atoms with Gasteiger partial charge < -0.3 is 0 Å². The highest BCUT2D eigenvalue weighted by molar-refractivity contribution is 6.17. The van der Waals surface area contributed by atoms with E-state index in [4.69, 9.17) is 11.6 Å². The maximum Gasteiger partial charge on any atom is 0.273 e. The molecule has 6 heteroatoms. The Balaban J connectivity index is 2.57. The molecule has 0 saturated carbocycles. The van der Waals surface area contributed by atoms with Crippen molar-refractivity contribution in [3.63, 3.8) is 0 Å². The molecule has 0 bridgehead atoms. The monoisotopic (exact) mass is 293 g/mol. The Morgan fingerprint density at radius 3 is 2.60 bits per heavy atom. The maximum atomic E-state index is 10.9. The van der Waals surface area contributed by atoms with E-state index in [0.717, 1.165) is 23.5 Å². The number of nitro benzene ring substituents is 1. The molecule has 0 fully saturated rings. The highest BCUT2D eigenvalue weighted by Gasteiger charge is 2.16. The second-order valence-electron chi connectivity index (χ2n) is 4.62. The molecule has 2 rings (SSSR count). The Bertz CT molecular complexity index is 665. The molecule has 5 nitrogen and oxygen atoms in total. The number of alkyl halides is 1. The summed E-state index contributed by atoms with van der Waals surface area (Å²) < 4.78 is 1.81. The number of rotatable bonds is 4. The van der Waals surface area contributed by atoms with Crippen LogP contribution < -0.4 is 0 Å². The Labute approximate surface area is 122 Å². The normalized spacial score (nSPS) is 10.8. The van der Waals surface area contributed by atoms with Crippen molar-refractivity contribution in [2.24, 2.45) is 0 Å². The zero-order valence-corrected chi connectivity index (χ0v) is 12.4. The van der Waals surface area contributed by atoms with Crippen LogP contribution in [0.25, 0.3) is 5.69 Å². The first-order valence-electron chi connectivity index (χ1n) is 6.38. The SMILES string of the molecule is CCc1c(C)nn(-c2ccc([N+](=O)[O-])c(CCl)c2)c1C. The molecule has 0 amide bonds. The molecule has 0 radical (unpaired) electrons. The Morgan fingerprint density at radius 2 is 2.10 bits per heavy atom. The lowest BCUT2D eigenvalue weighted by molar-refractivity contribution is -0.385. The summed E-state index contributed by atoms with van der Waals surface area (Å²) in [6.07, 6.45) is 0.910. The Morgan fingerprint density at radius 1 is 1.40 bits per heavy atom. The molecule has 0 N–H and O–H groups in total. The van der Waals surface area contributed by atoms with Crippen molar-refractivity contribution in [3.8, 4) is 5.69 Å². The van der Waals surface area contributed by atoms with Crippen molar-refractivity contribution in [1.29, 1.82) is 0 Å². The number of hydrogen-bond acceptors (Lipinski definition) is 3. The summed E-state index contributed by atoms with van der Waals surface area (Å²) in [6, 6.07) is 4.91. The third kappa shape index (κ3) is 2.41. The van der Waals surface area contributed by atoms with Crippen molar-refractivity contribution in [2.45, 2.75) is 33.1 Å². The molecule has 0 atom stereocenters. The molecule has 1 aromatic carbocycles. The first-order valence-corrected chi connectivity index (χ1v) is 6.91. The van der Waals surface area contributed by atoms with Crippen LogP contribution in [0.4, 0.5) is 5.69 Å². The van der Waals surface area contributed by atoms with Crippen LogP contribution in [0.3, 0.4) is 0 Å². The van der Waals surface area contributed by atoms with E-state index in [0.29, 0.717) is 5.56 Å². The molecule has 0 spiro atoms. The minimum Gasteiger partial charge on any atom is -0.258 e. The van der Waals surface area contributed by atoms with Gasteiger partial charge in [-0.3, -0.25) is 10.1 Å². The zero-order valence-electron chi connectivity index (χ0n) is 11.7. The van der Waals surface area contributed by atoms with Crippen LogP contribution in [0.15, 0.2) is 18.2 Å². The van der Waals surface area contributed by atoms with Crippen LogP contribution in [0.1, 0.15) is 29.4 Å². The van der Waals surface area contributed by atoms with E-state index < -0.39 is 4.92 Å². The molecule has 0 unspecified atom stereocenters. The predicted octanol–water partition coefficient (Wildman–Crippen LogP) is 3.70. The second kappa shape index (κ2) is 5.63. The van der Waals surface area contributed by atoms with Crippen molar-refractivity contribution >= 4 is 17.3 Å². The summed E-state index contributed by atoms with van der Waals surface area (Å²) in [5.74, 6) is 0.101. The molecular weight excluding hydrogens is 278 g/mol. The van der Waals surface area contributed by atoms with Gasteiger partial charge in [0.2, 0.25) is 0 Å². The summed E-state index contributed by atoms with van der Waals surface area (Å²) in [5, 5.41) is 15.4. The number of nitrogens with zero attached hydrogens (tertiary/aromatic N) is 3. The number of halogens is 1. The average molecular weight is 294 g/mol. The third-order valence-corrected chi connectivity index (χ3v) is 3.73. The summed E-state index contributed by atoms with van der Waals surface area (Å²) in [7, 11) is 0. The summed E-state index contributed by atoms with van der Waals surface area (Å²) >= 11 is 5.81. The molecule has 0 aliphatic rings. The van der Waals surface area contributed by atoms with Gasteiger partial charge in [0.05, 0.1) is 22.2 Å². The molecule has 1 aromatic heterocycles. The van der Waals surface area contributed by atoms with Crippen LogP contribution in [-0.2, 0) is 12.3 Å². The van der Waals surface area contributed by atoms with Crippen molar-refractivity contribution < 1.29 is 4.92 Å². The zero-order chi connectivity index (χ0) is 14.9. The summed E-state index contributed by atoms with van der Waals surface area (Å²) in [6.45, 7) is 6.05. The maximum absolute atomic E-state index is 10.9. The highest BCUT2D eigenvalue weighted by Crippen LogP contribution is 2.25. The number of benzene rings is 1. The van der Waals surface area contributed by atoms with E-state index in [1.54, 1.807) is 12.1 Å². The largest absolute Gasteiger partial charge is 0.273 e. The fourth-order valence-electron chi connectivity index (χ4n) is 2.43. The summed E-state index contributed by atoms with van der Waals surface area (Å²) in [5.41, 5.74) is 4.58. The first kappa shape index (κ1) is 14.5. The van der Waals surface area contributed by atoms with E-state index in [1.807, 2.05) is 18.5 Å². The Kier molecular flexibility index (Phi) is 4.09. The molecule has 20 heavy (non-hydrogen) atoms. The van der Waals surface area contributed by atoms with Crippen LogP contribution in [0.5, 0.6) is 0 Å². The fraction of sp³-hybridized carbons (Fsp3) is 0.357. The molecule has 2 aromatic rings. The predicted molar refractivity (Wildman–Crippen MR) is 78.6 cm³/mol. The highest BCUT2D eigenvalue weighted by atomic mass is 35.5. The van der Waals surface area contributed by atoms with Crippen LogP contribution >= 0.6 is 11.6 Å². The average Bonchev–Trinajstić information content (AvgIpc) is 2.72. The number of aromatic nitrogens is 2. The van der Waals surface area contributed by atoms with Crippen LogP contribution in [0.2, 0.25) is 0 Å². The lowest BCUT2D eigenvalue weighted by Gasteiger charge is -2.07. The van der Waals surface area contributed by atoms with Gasteiger partial charge in [-0.25, -0.2) is 4.68 Å². The van der Waals surface area contributed by atoms with Gasteiger partial charge in [0.1, 0.15) is 0 Å². The lowest BCUT2D eigenvalue weighted by atomic mass is 10.1. The van der Waals surface area contributed by atoms with E-state index in [-0.39, 0.29) is 11.6 Å². The van der Waals surface area contributed by atoms with Gasteiger partial charge in [-0.05, 0) is 38.0 Å². The van der Waals surface area contributed by atoms with E-state index >= 15 is 0 Å². The molecule has 0 aliphatic heterocycles. The van der Waals surface area contributed by atoms with Crippen molar-refractivity contribution in [3.05, 3.63) is 50.8 Å². The van der Waals surface area contributed by atoms with Gasteiger partial charge in [0.15, 0.2) is 0 Å². The topological polar surface area (TPSA) is 61.0 Å². The van der Waals surface area contributed by atoms with Crippen LogP contribution in [0, 0.1) is 24.0 Å². The third-order valence-electron chi connectivity index (χ3n) is 3.44. The van der Waals surface area contributed by atoms with Gasteiger partial charge in [-0.1, -0.05) is 6.92 Å². The number of nitro groups is 1. The van der Waals surface area contributed by atoms with Crippen LogP contribution in [-0.4, -0.2) is 14.7 Å². The van der Waals surface area contributed by atoms with Gasteiger partial charge in [0.25, 0.3) is 5.69 Å². The minimum atomic E-state index is -0.417. The standard InChI is InChI=1S/C14H16ClN3O2/c1-4-13-9(2)16-17(10(13)3)12-5-6-14(18(19)20)11(7-12)8-15/h5-7H,4,8H2,1-3H3. The van der Waals surface area contributed by atoms with E-state index in [2.05, 4.69) is 12.0 Å². The van der Waals surface area contributed by atoms with E-state index in [9.17, 15) is 10.1 Å². The van der Waals surface area contributed by atoms with Crippen molar-refractivity contribution in [1.82, 2.24) is 9.78 Å².